The lowest BCUT2D eigenvalue weighted by Crippen LogP contribution is -2.43. The molecule has 5 nitrogen and oxygen atoms in total. The Labute approximate surface area is 180 Å². The van der Waals surface area contributed by atoms with Crippen LogP contribution in [0.15, 0.2) is 18.5 Å². The average molecular weight is 435 g/mol. The molecule has 1 saturated heterocycles. The molecule has 0 radical (unpaired) electrons. The first kappa shape index (κ1) is 20.9. The summed E-state index contributed by atoms with van der Waals surface area (Å²) in [6.07, 6.45) is 1.35. The summed E-state index contributed by atoms with van der Waals surface area (Å²) >= 11 is 0. The van der Waals surface area contributed by atoms with E-state index in [1.165, 1.54) is 32.0 Å². The topological polar surface area (TPSA) is 43.2 Å². The molecular formula is C23H29F3N4O. The SMILES string of the molecule is Cc1ncc(-c2cn(C(C)C)c(C3[C@H]4CC(N5CCOCC5)C[C@@H]34)n2)cc1C(F)(F)F. The van der Waals surface area contributed by atoms with E-state index in [1.807, 2.05) is 6.20 Å². The highest BCUT2D eigenvalue weighted by atomic mass is 19.4. The van der Waals surface area contributed by atoms with Crippen LogP contribution in [0.4, 0.5) is 13.2 Å². The second-order valence-corrected chi connectivity index (χ2v) is 9.47. The molecule has 2 aromatic heterocycles. The Morgan fingerprint density at radius 1 is 1.13 bits per heavy atom. The van der Waals surface area contributed by atoms with Gasteiger partial charge in [0.15, 0.2) is 0 Å². The molecule has 0 bridgehead atoms. The van der Waals surface area contributed by atoms with Gasteiger partial charge in [-0.2, -0.15) is 13.2 Å². The molecule has 4 atom stereocenters. The van der Waals surface area contributed by atoms with E-state index in [1.54, 1.807) is 0 Å². The molecule has 0 spiro atoms. The van der Waals surface area contributed by atoms with E-state index < -0.39 is 11.7 Å². The minimum Gasteiger partial charge on any atom is -0.379 e. The standard InChI is InChI=1S/C23H29F3N4O/c1-13(2)30-12-20(15-8-19(23(24,25)26)14(3)27-11-15)28-22(30)21-17-9-16(10-18(17)21)29-4-6-31-7-5-29/h8,11-13,16-18,21H,4-7,9-10H2,1-3H3/t16?,17-,18+,21?. The lowest BCUT2D eigenvalue weighted by Gasteiger charge is -2.33. The summed E-state index contributed by atoms with van der Waals surface area (Å²) in [5, 5.41) is 0. The molecule has 31 heavy (non-hydrogen) atoms. The van der Waals surface area contributed by atoms with Crippen molar-refractivity contribution in [2.24, 2.45) is 11.8 Å². The number of alkyl halides is 3. The number of morpholine rings is 1. The number of imidazole rings is 1. The van der Waals surface area contributed by atoms with Crippen molar-refractivity contribution in [3.05, 3.63) is 35.5 Å². The van der Waals surface area contributed by atoms with Crippen molar-refractivity contribution in [1.29, 1.82) is 0 Å². The lowest BCUT2D eigenvalue weighted by atomic mass is 10.0. The molecule has 2 unspecified atom stereocenters. The molecule has 0 N–H and O–H groups in total. The number of rotatable bonds is 4. The number of halogens is 3. The monoisotopic (exact) mass is 434 g/mol. The van der Waals surface area contributed by atoms with Crippen molar-refractivity contribution < 1.29 is 17.9 Å². The van der Waals surface area contributed by atoms with Crippen LogP contribution in [0.5, 0.6) is 0 Å². The van der Waals surface area contributed by atoms with Gasteiger partial charge in [-0.25, -0.2) is 4.98 Å². The van der Waals surface area contributed by atoms with E-state index >= 15 is 0 Å². The van der Waals surface area contributed by atoms with Gasteiger partial charge in [0.05, 0.1) is 24.5 Å². The molecule has 0 aromatic carbocycles. The van der Waals surface area contributed by atoms with Crippen LogP contribution in [-0.2, 0) is 10.9 Å². The first-order valence-corrected chi connectivity index (χ1v) is 11.2. The Balaban J connectivity index is 1.39. The number of hydrogen-bond acceptors (Lipinski definition) is 4. The van der Waals surface area contributed by atoms with Crippen molar-refractivity contribution in [1.82, 2.24) is 19.4 Å². The second-order valence-electron chi connectivity index (χ2n) is 9.47. The number of pyridine rings is 1. The van der Waals surface area contributed by atoms with Gasteiger partial charge in [0.25, 0.3) is 0 Å². The van der Waals surface area contributed by atoms with Gasteiger partial charge in [-0.05, 0) is 51.5 Å². The first-order valence-electron chi connectivity index (χ1n) is 11.2. The van der Waals surface area contributed by atoms with Crippen LogP contribution in [0, 0.1) is 18.8 Å². The molecule has 1 aliphatic heterocycles. The lowest BCUT2D eigenvalue weighted by molar-refractivity contribution is -0.138. The van der Waals surface area contributed by atoms with E-state index in [4.69, 9.17) is 9.72 Å². The zero-order valence-electron chi connectivity index (χ0n) is 18.2. The maximum absolute atomic E-state index is 13.4. The summed E-state index contributed by atoms with van der Waals surface area (Å²) < 4.78 is 47.7. The summed E-state index contributed by atoms with van der Waals surface area (Å²) in [6, 6.07) is 2.02. The fourth-order valence-electron chi connectivity index (χ4n) is 5.60. The van der Waals surface area contributed by atoms with Crippen LogP contribution >= 0.6 is 0 Å². The zero-order chi connectivity index (χ0) is 21.9. The molecule has 3 aliphatic rings. The number of ether oxygens (including phenoxy) is 1. The van der Waals surface area contributed by atoms with Crippen LogP contribution in [0.2, 0.25) is 0 Å². The van der Waals surface area contributed by atoms with Crippen LogP contribution in [0.3, 0.4) is 0 Å². The molecule has 5 rings (SSSR count). The number of nitrogens with zero attached hydrogens (tertiary/aromatic N) is 4. The van der Waals surface area contributed by atoms with Gasteiger partial charge >= 0.3 is 6.18 Å². The third-order valence-corrected chi connectivity index (χ3v) is 7.29. The van der Waals surface area contributed by atoms with Gasteiger partial charge in [-0.3, -0.25) is 9.88 Å². The molecule has 8 heteroatoms. The number of hydrogen-bond donors (Lipinski definition) is 0. The summed E-state index contributed by atoms with van der Waals surface area (Å²) in [4.78, 5) is 11.4. The van der Waals surface area contributed by atoms with E-state index in [9.17, 15) is 13.2 Å². The molecule has 168 valence electrons. The molecule has 3 heterocycles. The van der Waals surface area contributed by atoms with E-state index in [0.29, 0.717) is 35.1 Å². The van der Waals surface area contributed by atoms with Crippen molar-refractivity contribution in [3.63, 3.8) is 0 Å². The number of aryl methyl sites for hydroxylation is 1. The molecule has 3 fully saturated rings. The fraction of sp³-hybridized carbons (Fsp3) is 0.652. The minimum absolute atomic E-state index is 0.00866. The fourth-order valence-corrected chi connectivity index (χ4v) is 5.60. The maximum atomic E-state index is 13.4. The Morgan fingerprint density at radius 3 is 2.42 bits per heavy atom. The van der Waals surface area contributed by atoms with Gasteiger partial charge in [0.2, 0.25) is 0 Å². The summed E-state index contributed by atoms with van der Waals surface area (Å²) in [5.74, 6) is 2.69. The predicted octanol–water partition coefficient (Wildman–Crippen LogP) is 4.68. The van der Waals surface area contributed by atoms with Gasteiger partial charge < -0.3 is 9.30 Å². The third-order valence-electron chi connectivity index (χ3n) is 7.29. The molecule has 0 amide bonds. The number of fused-ring (bicyclic) bond motifs is 1. The molecule has 2 aromatic rings. The molecule has 2 saturated carbocycles. The van der Waals surface area contributed by atoms with Crippen molar-refractivity contribution >= 4 is 0 Å². The Hall–Kier alpha value is -1.93. The van der Waals surface area contributed by atoms with Crippen molar-refractivity contribution in [2.75, 3.05) is 26.3 Å². The minimum atomic E-state index is -4.42. The van der Waals surface area contributed by atoms with Crippen LogP contribution < -0.4 is 0 Å². The quantitative estimate of drug-likeness (QED) is 0.701. The van der Waals surface area contributed by atoms with Gasteiger partial charge in [0.1, 0.15) is 5.82 Å². The average Bonchev–Trinajstić information content (AvgIpc) is 3.09. The Kier molecular flexibility index (Phi) is 5.13. The van der Waals surface area contributed by atoms with Crippen LogP contribution in [0.25, 0.3) is 11.3 Å². The molecule has 2 aliphatic carbocycles. The summed E-state index contributed by atoms with van der Waals surface area (Å²) in [7, 11) is 0. The highest BCUT2D eigenvalue weighted by molar-refractivity contribution is 5.59. The summed E-state index contributed by atoms with van der Waals surface area (Å²) in [6.45, 7) is 9.25. The van der Waals surface area contributed by atoms with Gasteiger partial charge in [-0.1, -0.05) is 0 Å². The van der Waals surface area contributed by atoms with E-state index in [2.05, 4.69) is 28.3 Å². The largest absolute Gasteiger partial charge is 0.418 e. The van der Waals surface area contributed by atoms with Gasteiger partial charge in [-0.15, -0.1) is 0 Å². The Bertz CT molecular complexity index is 952. The second kappa shape index (κ2) is 7.59. The predicted molar refractivity (Wildman–Crippen MR) is 111 cm³/mol. The van der Waals surface area contributed by atoms with E-state index in [0.717, 1.165) is 32.1 Å². The van der Waals surface area contributed by atoms with Crippen LogP contribution in [0.1, 0.15) is 55.7 Å². The van der Waals surface area contributed by atoms with Gasteiger partial charge in [0, 0.05) is 54.7 Å². The highest BCUT2D eigenvalue weighted by Crippen LogP contribution is 2.64. The Morgan fingerprint density at radius 2 is 1.81 bits per heavy atom. The number of aromatic nitrogens is 3. The summed E-state index contributed by atoms with van der Waals surface area (Å²) in [5.41, 5.74) is 0.305. The molecular weight excluding hydrogens is 405 g/mol. The smallest absolute Gasteiger partial charge is 0.379 e. The first-order chi connectivity index (χ1) is 14.7. The normalized spacial score (nSPS) is 28.9. The van der Waals surface area contributed by atoms with Crippen molar-refractivity contribution in [3.8, 4) is 11.3 Å². The van der Waals surface area contributed by atoms with Crippen LogP contribution in [-0.4, -0.2) is 51.8 Å². The maximum Gasteiger partial charge on any atom is 0.418 e. The zero-order valence-corrected chi connectivity index (χ0v) is 18.2. The van der Waals surface area contributed by atoms with Crippen molar-refractivity contribution in [2.45, 2.75) is 57.8 Å². The highest BCUT2D eigenvalue weighted by Gasteiger charge is 2.59. The van der Waals surface area contributed by atoms with E-state index in [-0.39, 0.29) is 11.7 Å². The third kappa shape index (κ3) is 3.78.